The van der Waals surface area contributed by atoms with Crippen molar-refractivity contribution in [1.29, 1.82) is 0 Å². The Morgan fingerprint density at radius 2 is 1.69 bits per heavy atom. The molecule has 2 aromatic carbocycles. The topological polar surface area (TPSA) is 46.2 Å². The molecule has 0 aliphatic carbocycles. The van der Waals surface area contributed by atoms with Crippen LogP contribution in [0.25, 0.3) is 16.8 Å². The van der Waals surface area contributed by atoms with Crippen molar-refractivity contribution in [2.45, 2.75) is 0 Å². The monoisotopic (exact) mass is 211 g/mol. The van der Waals surface area contributed by atoms with E-state index < -0.39 is 0 Å². The summed E-state index contributed by atoms with van der Waals surface area (Å²) in [5, 5.41) is 9.21. The first-order valence-electron chi connectivity index (χ1n) is 5.01. The van der Waals surface area contributed by atoms with Gasteiger partial charge in [-0.05, 0) is 34.9 Å². The minimum atomic E-state index is 0.267. The van der Waals surface area contributed by atoms with E-state index in [2.05, 4.69) is 6.58 Å². The van der Waals surface area contributed by atoms with Crippen molar-refractivity contribution in [3.8, 4) is 16.9 Å². The van der Waals surface area contributed by atoms with E-state index in [4.69, 9.17) is 5.73 Å². The second kappa shape index (κ2) is 4.11. The summed E-state index contributed by atoms with van der Waals surface area (Å²) in [5.74, 6) is 0.267. The van der Waals surface area contributed by atoms with E-state index in [-0.39, 0.29) is 5.75 Å². The highest BCUT2D eigenvalue weighted by Crippen LogP contribution is 2.23. The molecule has 2 aromatic rings. The average molecular weight is 211 g/mol. The number of hydrogen-bond donors (Lipinski definition) is 2. The maximum Gasteiger partial charge on any atom is 0.115 e. The summed E-state index contributed by atoms with van der Waals surface area (Å²) in [7, 11) is 0. The highest BCUT2D eigenvalue weighted by Gasteiger charge is 2.00. The molecule has 0 aliphatic rings. The summed E-state index contributed by atoms with van der Waals surface area (Å²) < 4.78 is 0. The molecule has 2 nitrogen and oxygen atoms in total. The van der Waals surface area contributed by atoms with Crippen LogP contribution in [0.3, 0.4) is 0 Å². The number of phenolic OH excluding ortho intramolecular Hbond substituents is 1. The standard InChI is InChI=1S/C14H13NO/c1-10(15)12-3-2-4-13(9-12)11-5-7-14(16)8-6-11/h2-9,16H,1,15H2. The van der Waals surface area contributed by atoms with Gasteiger partial charge < -0.3 is 10.8 Å². The predicted octanol–water partition coefficient (Wildman–Crippen LogP) is 2.99. The van der Waals surface area contributed by atoms with Crippen LogP contribution in [0.15, 0.2) is 55.1 Å². The minimum absolute atomic E-state index is 0.267. The molecule has 0 aromatic heterocycles. The van der Waals surface area contributed by atoms with Gasteiger partial charge in [0, 0.05) is 5.70 Å². The zero-order valence-electron chi connectivity index (χ0n) is 8.85. The Morgan fingerprint density at radius 3 is 2.31 bits per heavy atom. The zero-order chi connectivity index (χ0) is 11.5. The van der Waals surface area contributed by atoms with Gasteiger partial charge in [-0.25, -0.2) is 0 Å². The molecule has 80 valence electrons. The molecular formula is C14H13NO. The Bertz CT molecular complexity index is 515. The Hall–Kier alpha value is -2.22. The van der Waals surface area contributed by atoms with E-state index >= 15 is 0 Å². The molecule has 0 saturated carbocycles. The summed E-state index contributed by atoms with van der Waals surface area (Å²) in [4.78, 5) is 0. The lowest BCUT2D eigenvalue weighted by molar-refractivity contribution is 0.475. The normalized spacial score (nSPS) is 10.0. The van der Waals surface area contributed by atoms with Gasteiger partial charge in [0.05, 0.1) is 0 Å². The first-order chi connectivity index (χ1) is 7.66. The van der Waals surface area contributed by atoms with Crippen molar-refractivity contribution in [3.63, 3.8) is 0 Å². The summed E-state index contributed by atoms with van der Waals surface area (Å²) >= 11 is 0. The van der Waals surface area contributed by atoms with Gasteiger partial charge in [0.15, 0.2) is 0 Å². The number of nitrogens with two attached hydrogens (primary N) is 1. The molecule has 0 radical (unpaired) electrons. The highest BCUT2D eigenvalue weighted by atomic mass is 16.3. The van der Waals surface area contributed by atoms with E-state index in [1.807, 2.05) is 36.4 Å². The van der Waals surface area contributed by atoms with E-state index in [0.29, 0.717) is 5.70 Å². The number of benzene rings is 2. The van der Waals surface area contributed by atoms with E-state index in [9.17, 15) is 5.11 Å². The second-order valence-corrected chi connectivity index (χ2v) is 3.65. The maximum atomic E-state index is 9.21. The fourth-order valence-corrected chi connectivity index (χ4v) is 1.55. The lowest BCUT2D eigenvalue weighted by Crippen LogP contribution is -1.93. The summed E-state index contributed by atoms with van der Waals surface area (Å²) in [6.45, 7) is 3.71. The van der Waals surface area contributed by atoms with Gasteiger partial charge in [-0.15, -0.1) is 0 Å². The lowest BCUT2D eigenvalue weighted by atomic mass is 10.0. The fraction of sp³-hybridized carbons (Fsp3) is 0. The Morgan fingerprint density at radius 1 is 1.00 bits per heavy atom. The van der Waals surface area contributed by atoms with Crippen molar-refractivity contribution in [2.75, 3.05) is 0 Å². The lowest BCUT2D eigenvalue weighted by Gasteiger charge is -2.05. The molecule has 0 atom stereocenters. The number of hydrogen-bond acceptors (Lipinski definition) is 2. The van der Waals surface area contributed by atoms with Crippen LogP contribution in [0.1, 0.15) is 5.56 Å². The third kappa shape index (κ3) is 2.06. The van der Waals surface area contributed by atoms with Crippen molar-refractivity contribution in [3.05, 3.63) is 60.7 Å². The van der Waals surface area contributed by atoms with Crippen molar-refractivity contribution in [1.82, 2.24) is 0 Å². The van der Waals surface area contributed by atoms with Crippen LogP contribution in [0.4, 0.5) is 0 Å². The predicted molar refractivity (Wildman–Crippen MR) is 66.8 cm³/mol. The number of rotatable bonds is 2. The minimum Gasteiger partial charge on any atom is -0.508 e. The largest absolute Gasteiger partial charge is 0.508 e. The first kappa shape index (κ1) is 10.3. The fourth-order valence-electron chi connectivity index (χ4n) is 1.55. The van der Waals surface area contributed by atoms with Gasteiger partial charge in [-0.2, -0.15) is 0 Å². The van der Waals surface area contributed by atoms with Crippen LogP contribution in [0.2, 0.25) is 0 Å². The number of aromatic hydroxyl groups is 1. The van der Waals surface area contributed by atoms with E-state index in [1.54, 1.807) is 12.1 Å². The molecule has 0 spiro atoms. The van der Waals surface area contributed by atoms with Crippen LogP contribution in [0.5, 0.6) is 5.75 Å². The van der Waals surface area contributed by atoms with Crippen molar-refractivity contribution in [2.24, 2.45) is 5.73 Å². The van der Waals surface area contributed by atoms with Crippen LogP contribution >= 0.6 is 0 Å². The molecule has 0 aliphatic heterocycles. The summed E-state index contributed by atoms with van der Waals surface area (Å²) in [6.07, 6.45) is 0. The highest BCUT2D eigenvalue weighted by molar-refractivity contribution is 5.70. The molecule has 0 amide bonds. The molecule has 0 unspecified atom stereocenters. The van der Waals surface area contributed by atoms with E-state index in [1.165, 1.54) is 0 Å². The molecule has 0 saturated heterocycles. The second-order valence-electron chi connectivity index (χ2n) is 3.65. The number of phenols is 1. The molecule has 16 heavy (non-hydrogen) atoms. The van der Waals surface area contributed by atoms with Gasteiger partial charge in [-0.1, -0.05) is 36.9 Å². The Balaban J connectivity index is 2.44. The average Bonchev–Trinajstić information content (AvgIpc) is 2.30. The smallest absolute Gasteiger partial charge is 0.115 e. The van der Waals surface area contributed by atoms with E-state index in [0.717, 1.165) is 16.7 Å². The van der Waals surface area contributed by atoms with Gasteiger partial charge in [0.2, 0.25) is 0 Å². The first-order valence-corrected chi connectivity index (χ1v) is 5.01. The molecule has 0 bridgehead atoms. The third-order valence-corrected chi connectivity index (χ3v) is 2.43. The van der Waals surface area contributed by atoms with Crippen LogP contribution < -0.4 is 5.73 Å². The van der Waals surface area contributed by atoms with Crippen LogP contribution in [0, 0.1) is 0 Å². The van der Waals surface area contributed by atoms with Crippen LogP contribution in [-0.2, 0) is 0 Å². The van der Waals surface area contributed by atoms with Gasteiger partial charge >= 0.3 is 0 Å². The summed E-state index contributed by atoms with van der Waals surface area (Å²) in [6, 6.07) is 14.9. The molecular weight excluding hydrogens is 198 g/mol. The Labute approximate surface area is 94.7 Å². The molecule has 0 fully saturated rings. The molecule has 2 rings (SSSR count). The zero-order valence-corrected chi connectivity index (χ0v) is 8.85. The molecule has 2 heteroatoms. The molecule has 3 N–H and O–H groups in total. The van der Waals surface area contributed by atoms with Gasteiger partial charge in [-0.3, -0.25) is 0 Å². The quantitative estimate of drug-likeness (QED) is 0.802. The van der Waals surface area contributed by atoms with Crippen molar-refractivity contribution < 1.29 is 5.11 Å². The van der Waals surface area contributed by atoms with Crippen molar-refractivity contribution >= 4 is 5.70 Å². The van der Waals surface area contributed by atoms with Crippen LogP contribution in [-0.4, -0.2) is 5.11 Å². The van der Waals surface area contributed by atoms with Gasteiger partial charge in [0.1, 0.15) is 5.75 Å². The summed E-state index contributed by atoms with van der Waals surface area (Å²) in [5.41, 5.74) is 9.23. The maximum absolute atomic E-state index is 9.21. The third-order valence-electron chi connectivity index (χ3n) is 2.43. The Kier molecular flexibility index (Phi) is 2.64. The SMILES string of the molecule is C=C(N)c1cccc(-c2ccc(O)cc2)c1. The van der Waals surface area contributed by atoms with Gasteiger partial charge in [0.25, 0.3) is 0 Å². The molecule has 0 heterocycles.